The molecule has 2 heterocycles. The number of hydrogen-bond acceptors (Lipinski definition) is 4. The van der Waals surface area contributed by atoms with E-state index < -0.39 is 0 Å². The van der Waals surface area contributed by atoms with Gasteiger partial charge in [0.05, 0.1) is 6.10 Å². The number of pyridine rings is 2. The summed E-state index contributed by atoms with van der Waals surface area (Å²) in [6.45, 7) is 3.68. The number of benzene rings is 1. The Kier molecular flexibility index (Phi) is 5.57. The first-order valence-electron chi connectivity index (χ1n) is 10.4. The van der Waals surface area contributed by atoms with E-state index in [1.165, 1.54) is 4.57 Å². The third kappa shape index (κ3) is 3.95. The highest BCUT2D eigenvalue weighted by atomic mass is 16.5. The van der Waals surface area contributed by atoms with Gasteiger partial charge in [0, 0.05) is 41.9 Å². The second-order valence-corrected chi connectivity index (χ2v) is 8.13. The fourth-order valence-electron chi connectivity index (χ4n) is 4.21. The number of fused-ring (bicyclic) bond motifs is 1. The summed E-state index contributed by atoms with van der Waals surface area (Å²) in [5, 5.41) is 5.19. The van der Waals surface area contributed by atoms with Gasteiger partial charge >= 0.3 is 0 Å². The van der Waals surface area contributed by atoms with Gasteiger partial charge in [-0.25, -0.2) is 0 Å². The van der Waals surface area contributed by atoms with Crippen molar-refractivity contribution < 1.29 is 9.53 Å². The molecule has 0 spiro atoms. The SMILES string of the molecule is Cc1cc(C)n(C)c(=O)c1C(=O)NC1CCC(Oc2cccc3cnccc23)CC1. The van der Waals surface area contributed by atoms with Gasteiger partial charge in [-0.05, 0) is 63.3 Å². The molecule has 0 saturated heterocycles. The van der Waals surface area contributed by atoms with Crippen LogP contribution >= 0.6 is 0 Å². The number of rotatable bonds is 4. The predicted octanol–water partition coefficient (Wildman–Crippen LogP) is 3.67. The Labute approximate surface area is 175 Å². The Bertz CT molecular complexity index is 1140. The lowest BCUT2D eigenvalue weighted by Crippen LogP contribution is -2.42. The van der Waals surface area contributed by atoms with Crippen LogP contribution in [0, 0.1) is 13.8 Å². The molecule has 2 aromatic heterocycles. The first kappa shape index (κ1) is 20.1. The summed E-state index contributed by atoms with van der Waals surface area (Å²) in [7, 11) is 1.69. The third-order valence-corrected chi connectivity index (χ3v) is 6.04. The number of ether oxygens (including phenoxy) is 1. The topological polar surface area (TPSA) is 73.2 Å². The molecule has 4 rings (SSSR count). The molecular weight excluding hydrogens is 378 g/mol. The summed E-state index contributed by atoms with van der Waals surface area (Å²) < 4.78 is 7.80. The molecule has 1 aromatic carbocycles. The normalized spacial score (nSPS) is 18.9. The van der Waals surface area contributed by atoms with E-state index in [1.807, 2.05) is 50.4 Å². The van der Waals surface area contributed by atoms with Crippen LogP contribution in [0.25, 0.3) is 10.8 Å². The average molecular weight is 405 g/mol. The van der Waals surface area contributed by atoms with Crippen LogP contribution in [0.4, 0.5) is 0 Å². The van der Waals surface area contributed by atoms with Gasteiger partial charge in [-0.15, -0.1) is 0 Å². The van der Waals surface area contributed by atoms with E-state index >= 15 is 0 Å². The number of carbonyl (C=O) groups excluding carboxylic acids is 1. The van der Waals surface area contributed by atoms with E-state index in [0.29, 0.717) is 0 Å². The Hall–Kier alpha value is -3.15. The molecule has 0 radical (unpaired) electrons. The molecule has 0 bridgehead atoms. The minimum Gasteiger partial charge on any atom is -0.490 e. The fraction of sp³-hybridized carbons (Fsp3) is 0.375. The Morgan fingerprint density at radius 1 is 1.17 bits per heavy atom. The zero-order chi connectivity index (χ0) is 21.3. The molecule has 1 aliphatic carbocycles. The zero-order valence-electron chi connectivity index (χ0n) is 17.6. The molecule has 1 fully saturated rings. The highest BCUT2D eigenvalue weighted by molar-refractivity contribution is 5.95. The molecular formula is C24H27N3O3. The molecule has 0 aliphatic heterocycles. The Balaban J connectivity index is 1.39. The standard InChI is InChI=1S/C24H27N3O3/c1-15-13-16(2)27(3)24(29)22(15)23(28)26-18-7-9-19(10-8-18)30-21-6-4-5-17-14-25-12-11-20(17)21/h4-6,11-14,18-19H,7-10H2,1-3H3,(H,26,28). The lowest BCUT2D eigenvalue weighted by Gasteiger charge is -2.30. The van der Waals surface area contributed by atoms with Gasteiger partial charge in [0.2, 0.25) is 0 Å². The maximum Gasteiger partial charge on any atom is 0.263 e. The van der Waals surface area contributed by atoms with E-state index in [1.54, 1.807) is 13.2 Å². The number of amides is 1. The molecule has 156 valence electrons. The highest BCUT2D eigenvalue weighted by Crippen LogP contribution is 2.29. The van der Waals surface area contributed by atoms with Gasteiger partial charge in [0.1, 0.15) is 11.3 Å². The summed E-state index contributed by atoms with van der Waals surface area (Å²) in [5.74, 6) is 0.597. The third-order valence-electron chi connectivity index (χ3n) is 6.04. The van der Waals surface area contributed by atoms with Gasteiger partial charge in [-0.3, -0.25) is 14.6 Å². The molecule has 0 unspecified atom stereocenters. The van der Waals surface area contributed by atoms with Crippen LogP contribution < -0.4 is 15.6 Å². The first-order chi connectivity index (χ1) is 14.4. The van der Waals surface area contributed by atoms with Crippen molar-refractivity contribution in [3.05, 3.63) is 69.9 Å². The second-order valence-electron chi connectivity index (χ2n) is 8.13. The van der Waals surface area contributed by atoms with Crippen molar-refractivity contribution in [2.75, 3.05) is 0 Å². The summed E-state index contributed by atoms with van der Waals surface area (Å²) in [4.78, 5) is 29.5. The molecule has 6 heteroatoms. The van der Waals surface area contributed by atoms with Gasteiger partial charge in [0.15, 0.2) is 0 Å². The van der Waals surface area contributed by atoms with Crippen molar-refractivity contribution in [2.45, 2.75) is 51.7 Å². The average Bonchev–Trinajstić information content (AvgIpc) is 2.74. The van der Waals surface area contributed by atoms with Crippen molar-refractivity contribution in [1.82, 2.24) is 14.9 Å². The number of nitrogens with one attached hydrogen (secondary N) is 1. The molecule has 1 saturated carbocycles. The van der Waals surface area contributed by atoms with Gasteiger partial charge in [-0.1, -0.05) is 12.1 Å². The van der Waals surface area contributed by atoms with Crippen LogP contribution in [0.2, 0.25) is 0 Å². The molecule has 6 nitrogen and oxygen atoms in total. The van der Waals surface area contributed by atoms with Crippen molar-refractivity contribution in [3.63, 3.8) is 0 Å². The van der Waals surface area contributed by atoms with Crippen LogP contribution in [0.15, 0.2) is 47.5 Å². The molecule has 0 atom stereocenters. The molecule has 1 aliphatic rings. The van der Waals surface area contributed by atoms with Gasteiger partial charge < -0.3 is 14.6 Å². The Morgan fingerprint density at radius 2 is 1.93 bits per heavy atom. The van der Waals surface area contributed by atoms with Crippen LogP contribution in [0.1, 0.15) is 47.3 Å². The summed E-state index contributed by atoms with van der Waals surface area (Å²) in [5.41, 5.74) is 1.56. The number of nitrogens with zero attached hydrogens (tertiary/aromatic N) is 2. The Morgan fingerprint density at radius 3 is 2.70 bits per heavy atom. The quantitative estimate of drug-likeness (QED) is 0.719. The monoisotopic (exact) mass is 405 g/mol. The summed E-state index contributed by atoms with van der Waals surface area (Å²) >= 11 is 0. The minimum absolute atomic E-state index is 0.0551. The number of hydrogen-bond donors (Lipinski definition) is 1. The van der Waals surface area contributed by atoms with Crippen molar-refractivity contribution >= 4 is 16.7 Å². The molecule has 1 amide bonds. The molecule has 30 heavy (non-hydrogen) atoms. The van der Waals surface area contributed by atoms with Crippen LogP contribution in [-0.4, -0.2) is 27.6 Å². The number of carbonyl (C=O) groups is 1. The maximum absolute atomic E-state index is 12.8. The van der Waals surface area contributed by atoms with Crippen molar-refractivity contribution in [1.29, 1.82) is 0 Å². The first-order valence-corrected chi connectivity index (χ1v) is 10.4. The van der Waals surface area contributed by atoms with E-state index in [2.05, 4.69) is 10.3 Å². The maximum atomic E-state index is 12.8. The largest absolute Gasteiger partial charge is 0.490 e. The minimum atomic E-state index is -0.279. The van der Waals surface area contributed by atoms with Gasteiger partial charge in [-0.2, -0.15) is 0 Å². The predicted molar refractivity (Wildman–Crippen MR) is 117 cm³/mol. The van der Waals surface area contributed by atoms with E-state index in [9.17, 15) is 9.59 Å². The van der Waals surface area contributed by atoms with E-state index in [0.717, 1.165) is 53.5 Å². The van der Waals surface area contributed by atoms with Crippen molar-refractivity contribution in [3.8, 4) is 5.75 Å². The molecule has 1 N–H and O–H groups in total. The molecule has 3 aromatic rings. The van der Waals surface area contributed by atoms with E-state index in [4.69, 9.17) is 4.74 Å². The zero-order valence-corrected chi connectivity index (χ0v) is 17.6. The van der Waals surface area contributed by atoms with Crippen molar-refractivity contribution in [2.24, 2.45) is 7.05 Å². The number of aryl methyl sites for hydroxylation is 2. The summed E-state index contributed by atoms with van der Waals surface area (Å²) in [6.07, 6.45) is 7.10. The van der Waals surface area contributed by atoms with Crippen LogP contribution in [0.5, 0.6) is 5.75 Å². The second kappa shape index (κ2) is 8.30. The smallest absolute Gasteiger partial charge is 0.263 e. The fourth-order valence-corrected chi connectivity index (χ4v) is 4.21. The van der Waals surface area contributed by atoms with Gasteiger partial charge in [0.25, 0.3) is 11.5 Å². The number of aromatic nitrogens is 2. The van der Waals surface area contributed by atoms with E-state index in [-0.39, 0.29) is 29.2 Å². The van der Waals surface area contributed by atoms with Crippen LogP contribution in [0.3, 0.4) is 0 Å². The van der Waals surface area contributed by atoms with Crippen LogP contribution in [-0.2, 0) is 7.05 Å². The summed E-state index contributed by atoms with van der Waals surface area (Å²) in [6, 6.07) is 9.90. The lowest BCUT2D eigenvalue weighted by atomic mass is 9.92. The lowest BCUT2D eigenvalue weighted by molar-refractivity contribution is 0.0892. The highest BCUT2D eigenvalue weighted by Gasteiger charge is 2.26.